The molecule has 2 bridgehead atoms. The Balaban J connectivity index is 1.79. The molecule has 2 aliphatic rings. The van der Waals surface area contributed by atoms with E-state index in [1.807, 2.05) is 13.0 Å². The fraction of sp³-hybridized carbons (Fsp3) is 0.529. The van der Waals surface area contributed by atoms with E-state index in [2.05, 4.69) is 24.4 Å². The molecule has 21 heavy (non-hydrogen) atoms. The van der Waals surface area contributed by atoms with Crippen LogP contribution in [0.4, 0.5) is 11.4 Å². The van der Waals surface area contributed by atoms with Crippen LogP contribution < -0.4 is 5.32 Å². The van der Waals surface area contributed by atoms with Gasteiger partial charge in [-0.3, -0.25) is 10.1 Å². The molecule has 3 rings (SSSR count). The second kappa shape index (κ2) is 5.17. The highest BCUT2D eigenvalue weighted by Gasteiger charge is 2.38. The summed E-state index contributed by atoms with van der Waals surface area (Å²) in [7, 11) is 0. The number of nitro groups is 1. The molecule has 0 heterocycles. The number of aryl methyl sites for hydroxylation is 2. The van der Waals surface area contributed by atoms with Crippen molar-refractivity contribution in [1.29, 1.82) is 0 Å². The molecular formula is C17H22N2O2. The Morgan fingerprint density at radius 3 is 2.57 bits per heavy atom. The first-order chi connectivity index (χ1) is 9.95. The van der Waals surface area contributed by atoms with Crippen molar-refractivity contribution in [2.45, 2.75) is 39.7 Å². The molecule has 0 spiro atoms. The summed E-state index contributed by atoms with van der Waals surface area (Å²) >= 11 is 0. The van der Waals surface area contributed by atoms with Gasteiger partial charge in [0.05, 0.1) is 4.92 Å². The molecule has 4 unspecified atom stereocenters. The minimum atomic E-state index is -0.301. The molecule has 1 N–H and O–H groups in total. The summed E-state index contributed by atoms with van der Waals surface area (Å²) in [5, 5.41) is 14.6. The molecule has 4 atom stereocenters. The van der Waals surface area contributed by atoms with Crippen molar-refractivity contribution in [2.75, 3.05) is 5.32 Å². The van der Waals surface area contributed by atoms with Gasteiger partial charge in [0.2, 0.25) is 0 Å². The van der Waals surface area contributed by atoms with Gasteiger partial charge in [0.1, 0.15) is 0 Å². The molecule has 0 radical (unpaired) electrons. The summed E-state index contributed by atoms with van der Waals surface area (Å²) in [4.78, 5) is 10.8. The third-order valence-electron chi connectivity index (χ3n) is 5.10. The number of benzene rings is 1. The zero-order valence-corrected chi connectivity index (χ0v) is 12.8. The highest BCUT2D eigenvalue weighted by molar-refractivity contribution is 5.60. The fourth-order valence-electron chi connectivity index (χ4n) is 3.94. The number of hydrogen-bond acceptors (Lipinski definition) is 3. The largest absolute Gasteiger partial charge is 0.382 e. The third kappa shape index (κ3) is 2.55. The number of nitrogens with zero attached hydrogens (tertiary/aromatic N) is 1. The van der Waals surface area contributed by atoms with Crippen molar-refractivity contribution in [2.24, 2.45) is 17.8 Å². The van der Waals surface area contributed by atoms with Crippen molar-refractivity contribution in [1.82, 2.24) is 0 Å². The highest BCUT2D eigenvalue weighted by atomic mass is 16.6. The van der Waals surface area contributed by atoms with Gasteiger partial charge < -0.3 is 5.32 Å². The molecule has 1 aromatic rings. The van der Waals surface area contributed by atoms with Crippen molar-refractivity contribution < 1.29 is 4.92 Å². The van der Waals surface area contributed by atoms with Gasteiger partial charge in [0, 0.05) is 23.4 Å². The lowest BCUT2D eigenvalue weighted by molar-refractivity contribution is -0.385. The Morgan fingerprint density at radius 1 is 1.24 bits per heavy atom. The van der Waals surface area contributed by atoms with E-state index in [-0.39, 0.29) is 10.6 Å². The van der Waals surface area contributed by atoms with Crippen LogP contribution in [-0.2, 0) is 0 Å². The minimum Gasteiger partial charge on any atom is -0.382 e. The van der Waals surface area contributed by atoms with Crippen molar-refractivity contribution in [3.8, 4) is 0 Å². The summed E-state index contributed by atoms with van der Waals surface area (Å²) in [6.45, 7) is 6.00. The van der Waals surface area contributed by atoms with Gasteiger partial charge >= 0.3 is 0 Å². The van der Waals surface area contributed by atoms with Crippen LogP contribution in [0.1, 0.15) is 30.9 Å². The maximum Gasteiger partial charge on any atom is 0.274 e. The van der Waals surface area contributed by atoms with E-state index < -0.39 is 0 Å². The normalized spacial score (nSPS) is 27.9. The van der Waals surface area contributed by atoms with Crippen LogP contribution in [0.2, 0.25) is 0 Å². The predicted octanol–water partition coefficient (Wildman–Crippen LogP) is 4.22. The highest BCUT2D eigenvalue weighted by Crippen LogP contribution is 2.45. The minimum absolute atomic E-state index is 0.197. The van der Waals surface area contributed by atoms with Gasteiger partial charge in [0.15, 0.2) is 0 Å². The lowest BCUT2D eigenvalue weighted by Gasteiger charge is -2.27. The molecule has 4 heteroatoms. The predicted molar refractivity (Wildman–Crippen MR) is 84.5 cm³/mol. The number of anilines is 1. The maximum atomic E-state index is 11.1. The molecule has 1 fully saturated rings. The summed E-state index contributed by atoms with van der Waals surface area (Å²) in [6.07, 6.45) is 7.21. The van der Waals surface area contributed by atoms with E-state index in [9.17, 15) is 10.1 Å². The monoisotopic (exact) mass is 286 g/mol. The summed E-state index contributed by atoms with van der Waals surface area (Å²) in [5.74, 6) is 2.07. The number of rotatable bonds is 4. The second-order valence-electron chi connectivity index (χ2n) is 6.59. The smallest absolute Gasteiger partial charge is 0.274 e. The maximum absolute atomic E-state index is 11.1. The summed E-state index contributed by atoms with van der Waals surface area (Å²) in [6, 6.07) is 3.92. The standard InChI is InChI=1S/C17H22N2O2/c1-10-6-11(2)17(19(20)21)9-16(10)18-12(3)15-8-13-4-5-14(15)7-13/h4-6,9,12-15,18H,7-8H2,1-3H3. The number of hydrogen-bond donors (Lipinski definition) is 1. The first-order valence-electron chi connectivity index (χ1n) is 7.66. The zero-order valence-electron chi connectivity index (χ0n) is 12.8. The van der Waals surface area contributed by atoms with E-state index in [4.69, 9.17) is 0 Å². The van der Waals surface area contributed by atoms with Crippen LogP contribution in [0, 0.1) is 41.7 Å². The van der Waals surface area contributed by atoms with Gasteiger partial charge in [-0.15, -0.1) is 0 Å². The summed E-state index contributed by atoms with van der Waals surface area (Å²) in [5.41, 5.74) is 2.89. The molecular weight excluding hydrogens is 264 g/mol. The molecule has 0 amide bonds. The fourth-order valence-corrected chi connectivity index (χ4v) is 3.94. The molecule has 0 aromatic heterocycles. The molecule has 0 aliphatic heterocycles. The number of nitro benzene ring substituents is 1. The van der Waals surface area contributed by atoms with E-state index >= 15 is 0 Å². The third-order valence-corrected chi connectivity index (χ3v) is 5.10. The van der Waals surface area contributed by atoms with Gasteiger partial charge in [-0.05, 0) is 63.0 Å². The van der Waals surface area contributed by atoms with Crippen molar-refractivity contribution in [3.63, 3.8) is 0 Å². The Bertz CT molecular complexity index is 609. The van der Waals surface area contributed by atoms with Crippen LogP contribution in [0.25, 0.3) is 0 Å². The van der Waals surface area contributed by atoms with Gasteiger partial charge in [-0.2, -0.15) is 0 Å². The Hall–Kier alpha value is -1.84. The molecule has 0 saturated heterocycles. The van der Waals surface area contributed by atoms with Crippen LogP contribution in [0.15, 0.2) is 24.3 Å². The summed E-state index contributed by atoms with van der Waals surface area (Å²) < 4.78 is 0. The average Bonchev–Trinajstić information content (AvgIpc) is 3.03. The molecule has 1 aromatic carbocycles. The van der Waals surface area contributed by atoms with E-state index in [0.717, 1.165) is 22.7 Å². The number of fused-ring (bicyclic) bond motifs is 2. The van der Waals surface area contributed by atoms with Crippen LogP contribution >= 0.6 is 0 Å². The Kier molecular flexibility index (Phi) is 3.47. The lowest BCUT2D eigenvalue weighted by atomic mass is 9.87. The van der Waals surface area contributed by atoms with Gasteiger partial charge in [0.25, 0.3) is 5.69 Å². The van der Waals surface area contributed by atoms with Crippen molar-refractivity contribution >= 4 is 11.4 Å². The first kappa shape index (κ1) is 14.1. The van der Waals surface area contributed by atoms with E-state index in [0.29, 0.717) is 17.9 Å². The zero-order chi connectivity index (χ0) is 15.1. The van der Waals surface area contributed by atoms with Crippen LogP contribution in [-0.4, -0.2) is 11.0 Å². The van der Waals surface area contributed by atoms with Crippen LogP contribution in [0.3, 0.4) is 0 Å². The van der Waals surface area contributed by atoms with Crippen molar-refractivity contribution in [3.05, 3.63) is 45.5 Å². The molecule has 4 nitrogen and oxygen atoms in total. The quantitative estimate of drug-likeness (QED) is 0.512. The molecule has 112 valence electrons. The van der Waals surface area contributed by atoms with E-state index in [1.165, 1.54) is 12.8 Å². The second-order valence-corrected chi connectivity index (χ2v) is 6.59. The average molecular weight is 286 g/mol. The van der Waals surface area contributed by atoms with Crippen LogP contribution in [0.5, 0.6) is 0 Å². The lowest BCUT2D eigenvalue weighted by Crippen LogP contribution is -2.29. The Morgan fingerprint density at radius 2 is 2.00 bits per heavy atom. The number of nitrogens with one attached hydrogen (secondary N) is 1. The van der Waals surface area contributed by atoms with E-state index in [1.54, 1.807) is 13.0 Å². The van der Waals surface area contributed by atoms with Gasteiger partial charge in [-0.1, -0.05) is 12.2 Å². The number of allylic oxidation sites excluding steroid dienone is 2. The topological polar surface area (TPSA) is 55.2 Å². The SMILES string of the molecule is Cc1cc(C)c([N+](=O)[O-])cc1NC(C)C1CC2C=CC1C2. The van der Waals surface area contributed by atoms with Gasteiger partial charge in [-0.25, -0.2) is 0 Å². The Labute approximate surface area is 125 Å². The molecule has 1 saturated carbocycles. The first-order valence-corrected chi connectivity index (χ1v) is 7.66. The molecule has 2 aliphatic carbocycles.